The number of aromatic amines is 1. The summed E-state index contributed by atoms with van der Waals surface area (Å²) in [6.45, 7) is 6.28. The Morgan fingerprint density at radius 3 is 2.79 bits per heavy atom. The van der Waals surface area contributed by atoms with Gasteiger partial charge in [0.05, 0.1) is 12.7 Å². The largest absolute Gasteiger partial charge is 0.383 e. The summed E-state index contributed by atoms with van der Waals surface area (Å²) in [7, 11) is 1.75. The fourth-order valence-electron chi connectivity index (χ4n) is 4.41. The van der Waals surface area contributed by atoms with E-state index >= 15 is 0 Å². The number of hydrogen-bond donors (Lipinski definition) is 1. The summed E-state index contributed by atoms with van der Waals surface area (Å²) >= 11 is 0. The van der Waals surface area contributed by atoms with Crippen LogP contribution in [0.15, 0.2) is 6.07 Å². The summed E-state index contributed by atoms with van der Waals surface area (Å²) in [5.41, 5.74) is 1.68. The smallest absolute Gasteiger partial charge is 0.274 e. The van der Waals surface area contributed by atoms with Gasteiger partial charge in [0.15, 0.2) is 0 Å². The van der Waals surface area contributed by atoms with Gasteiger partial charge in [0.1, 0.15) is 5.69 Å². The molecule has 1 aromatic heterocycles. The van der Waals surface area contributed by atoms with Gasteiger partial charge in [-0.15, -0.1) is 0 Å². The summed E-state index contributed by atoms with van der Waals surface area (Å²) in [6.07, 6.45) is 6.99. The zero-order valence-electron chi connectivity index (χ0n) is 17.1. The SMILES string of the molecule is COCCN1CCC(CN(CC2CCCO2)C(=O)c2cc(C3CC3)[nH]n2)CC1. The minimum atomic E-state index is 0.0560. The van der Waals surface area contributed by atoms with Crippen molar-refractivity contribution in [2.75, 3.05) is 53.0 Å². The molecular weight excluding hydrogens is 356 g/mol. The predicted molar refractivity (Wildman–Crippen MR) is 106 cm³/mol. The fraction of sp³-hybridized carbons (Fsp3) is 0.810. The summed E-state index contributed by atoms with van der Waals surface area (Å²) < 4.78 is 11.0. The van der Waals surface area contributed by atoms with E-state index in [0.29, 0.717) is 24.1 Å². The molecule has 0 bridgehead atoms. The number of amides is 1. The molecule has 1 N–H and O–H groups in total. The van der Waals surface area contributed by atoms with Crippen LogP contribution in [0.3, 0.4) is 0 Å². The maximum atomic E-state index is 13.2. The lowest BCUT2D eigenvalue weighted by atomic mass is 9.95. The Labute approximate surface area is 167 Å². The molecule has 1 atom stereocenters. The Hall–Kier alpha value is -1.44. The molecule has 0 aromatic carbocycles. The molecule has 0 spiro atoms. The topological polar surface area (TPSA) is 70.7 Å². The highest BCUT2D eigenvalue weighted by Crippen LogP contribution is 2.39. The molecule has 1 unspecified atom stereocenters. The lowest BCUT2D eigenvalue weighted by Gasteiger charge is -2.35. The molecule has 0 radical (unpaired) electrons. The number of piperidine rings is 1. The van der Waals surface area contributed by atoms with Crippen molar-refractivity contribution >= 4 is 5.91 Å². The van der Waals surface area contributed by atoms with Gasteiger partial charge in [-0.3, -0.25) is 9.89 Å². The highest BCUT2D eigenvalue weighted by atomic mass is 16.5. The van der Waals surface area contributed by atoms with Gasteiger partial charge in [-0.05, 0) is 63.6 Å². The number of methoxy groups -OCH3 is 1. The van der Waals surface area contributed by atoms with Crippen molar-refractivity contribution < 1.29 is 14.3 Å². The average Bonchev–Trinajstić information content (AvgIpc) is 3.22. The summed E-state index contributed by atoms with van der Waals surface area (Å²) in [4.78, 5) is 17.7. The summed E-state index contributed by atoms with van der Waals surface area (Å²) in [5.74, 6) is 1.18. The van der Waals surface area contributed by atoms with E-state index in [1.807, 2.05) is 11.0 Å². The molecule has 7 nitrogen and oxygen atoms in total. The van der Waals surface area contributed by atoms with Gasteiger partial charge in [0.2, 0.25) is 0 Å². The van der Waals surface area contributed by atoms with E-state index in [1.165, 1.54) is 12.8 Å². The number of nitrogens with zero attached hydrogens (tertiary/aromatic N) is 3. The van der Waals surface area contributed by atoms with E-state index in [2.05, 4.69) is 15.1 Å². The van der Waals surface area contributed by atoms with Crippen molar-refractivity contribution in [3.8, 4) is 0 Å². The van der Waals surface area contributed by atoms with Crippen molar-refractivity contribution in [1.82, 2.24) is 20.0 Å². The second kappa shape index (κ2) is 9.37. The van der Waals surface area contributed by atoms with Crippen LogP contribution < -0.4 is 0 Å². The van der Waals surface area contributed by atoms with E-state index in [-0.39, 0.29) is 12.0 Å². The van der Waals surface area contributed by atoms with Crippen molar-refractivity contribution in [2.24, 2.45) is 5.92 Å². The van der Waals surface area contributed by atoms with Crippen molar-refractivity contribution in [1.29, 1.82) is 0 Å². The van der Waals surface area contributed by atoms with E-state index in [0.717, 1.165) is 70.8 Å². The molecular formula is C21H34N4O3. The molecule has 1 aliphatic carbocycles. The minimum absolute atomic E-state index is 0.0560. The molecule has 28 heavy (non-hydrogen) atoms. The zero-order valence-corrected chi connectivity index (χ0v) is 17.1. The minimum Gasteiger partial charge on any atom is -0.383 e. The number of H-pyrrole nitrogens is 1. The third-order valence-electron chi connectivity index (χ3n) is 6.37. The second-order valence-electron chi connectivity index (χ2n) is 8.61. The van der Waals surface area contributed by atoms with Crippen LogP contribution in [0.2, 0.25) is 0 Å². The molecule has 156 valence electrons. The van der Waals surface area contributed by atoms with Crippen LogP contribution in [0, 0.1) is 5.92 Å². The Bertz CT molecular complexity index is 631. The van der Waals surface area contributed by atoms with Crippen LogP contribution in [0.1, 0.15) is 60.6 Å². The first kappa shape index (κ1) is 19.9. The highest BCUT2D eigenvalue weighted by molar-refractivity contribution is 5.92. The number of rotatable bonds is 9. The van der Waals surface area contributed by atoms with E-state index in [9.17, 15) is 4.79 Å². The lowest BCUT2D eigenvalue weighted by Crippen LogP contribution is -2.44. The number of carbonyl (C=O) groups is 1. The van der Waals surface area contributed by atoms with Gasteiger partial charge < -0.3 is 19.3 Å². The van der Waals surface area contributed by atoms with Crippen molar-refractivity contribution in [3.05, 3.63) is 17.5 Å². The number of nitrogens with one attached hydrogen (secondary N) is 1. The Balaban J connectivity index is 1.36. The first-order valence-electron chi connectivity index (χ1n) is 10.9. The standard InChI is InChI=1S/C21H34N4O3/c1-27-12-10-24-8-6-16(7-9-24)14-25(15-18-3-2-11-28-18)21(26)20-13-19(22-23-20)17-4-5-17/h13,16-18H,2-12,14-15H2,1H3,(H,22,23). The first-order chi connectivity index (χ1) is 13.7. The molecule has 4 rings (SSSR count). The summed E-state index contributed by atoms with van der Waals surface area (Å²) in [5, 5.41) is 7.41. The molecule has 1 aromatic rings. The van der Waals surface area contributed by atoms with Crippen LogP contribution in [-0.4, -0.2) is 85.1 Å². The van der Waals surface area contributed by atoms with Crippen LogP contribution in [-0.2, 0) is 9.47 Å². The molecule has 2 aliphatic heterocycles. The number of likely N-dealkylation sites (tertiary alicyclic amines) is 1. The fourth-order valence-corrected chi connectivity index (χ4v) is 4.41. The monoisotopic (exact) mass is 390 g/mol. The number of aromatic nitrogens is 2. The Kier molecular flexibility index (Phi) is 6.65. The van der Waals surface area contributed by atoms with Crippen molar-refractivity contribution in [2.45, 2.75) is 50.5 Å². The number of hydrogen-bond acceptors (Lipinski definition) is 5. The zero-order chi connectivity index (χ0) is 19.3. The summed E-state index contributed by atoms with van der Waals surface area (Å²) in [6, 6.07) is 1.97. The average molecular weight is 391 g/mol. The maximum Gasteiger partial charge on any atom is 0.274 e. The number of ether oxygens (including phenoxy) is 2. The number of carbonyl (C=O) groups excluding carboxylic acids is 1. The van der Waals surface area contributed by atoms with Gasteiger partial charge in [0.25, 0.3) is 5.91 Å². The Morgan fingerprint density at radius 1 is 1.29 bits per heavy atom. The van der Waals surface area contributed by atoms with E-state index in [4.69, 9.17) is 9.47 Å². The van der Waals surface area contributed by atoms with Crippen LogP contribution in [0.4, 0.5) is 0 Å². The lowest BCUT2D eigenvalue weighted by molar-refractivity contribution is 0.0432. The third-order valence-corrected chi connectivity index (χ3v) is 6.37. The van der Waals surface area contributed by atoms with Crippen LogP contribution >= 0.6 is 0 Å². The second-order valence-corrected chi connectivity index (χ2v) is 8.61. The molecule has 3 heterocycles. The third kappa shape index (κ3) is 5.13. The van der Waals surface area contributed by atoms with E-state index in [1.54, 1.807) is 7.11 Å². The molecule has 3 fully saturated rings. The van der Waals surface area contributed by atoms with Gasteiger partial charge >= 0.3 is 0 Å². The van der Waals surface area contributed by atoms with Crippen LogP contribution in [0.25, 0.3) is 0 Å². The Morgan fingerprint density at radius 2 is 2.11 bits per heavy atom. The van der Waals surface area contributed by atoms with Gasteiger partial charge in [-0.2, -0.15) is 5.10 Å². The van der Waals surface area contributed by atoms with E-state index < -0.39 is 0 Å². The predicted octanol–water partition coefficient (Wildman–Crippen LogP) is 2.27. The molecule has 1 saturated carbocycles. The maximum absolute atomic E-state index is 13.2. The van der Waals surface area contributed by atoms with Gasteiger partial charge in [-0.25, -0.2) is 0 Å². The molecule has 7 heteroatoms. The van der Waals surface area contributed by atoms with Crippen molar-refractivity contribution in [3.63, 3.8) is 0 Å². The molecule has 3 aliphatic rings. The molecule has 1 amide bonds. The normalized spacial score (nSPS) is 24.0. The van der Waals surface area contributed by atoms with Gasteiger partial charge in [0, 0.05) is 45.0 Å². The first-order valence-corrected chi connectivity index (χ1v) is 10.9. The van der Waals surface area contributed by atoms with Crippen LogP contribution in [0.5, 0.6) is 0 Å². The quantitative estimate of drug-likeness (QED) is 0.700. The van der Waals surface area contributed by atoms with Gasteiger partial charge in [-0.1, -0.05) is 0 Å². The highest BCUT2D eigenvalue weighted by Gasteiger charge is 2.31. The molecule has 2 saturated heterocycles.